The number of carbonyl (C=O) groups excluding carboxylic acids is 2. The Morgan fingerprint density at radius 3 is 2.86 bits per heavy atom. The highest BCUT2D eigenvalue weighted by molar-refractivity contribution is 6.01. The molecule has 114 valence electrons. The van der Waals surface area contributed by atoms with E-state index in [9.17, 15) is 9.59 Å². The van der Waals surface area contributed by atoms with E-state index < -0.39 is 0 Å². The molecule has 1 unspecified atom stereocenters. The lowest BCUT2D eigenvalue weighted by Crippen LogP contribution is -2.36. The maximum Gasteiger partial charge on any atom is 0.227 e. The number of para-hydroxylation sites is 2. The Labute approximate surface area is 124 Å². The Morgan fingerprint density at radius 2 is 2.14 bits per heavy atom. The summed E-state index contributed by atoms with van der Waals surface area (Å²) in [6, 6.07) is 7.34. The molecule has 1 fully saturated rings. The second kappa shape index (κ2) is 7.08. The van der Waals surface area contributed by atoms with E-state index >= 15 is 0 Å². The molecule has 1 aromatic rings. The molecule has 21 heavy (non-hydrogen) atoms. The van der Waals surface area contributed by atoms with Crippen LogP contribution in [0.3, 0.4) is 0 Å². The van der Waals surface area contributed by atoms with Gasteiger partial charge in [-0.3, -0.25) is 9.59 Å². The summed E-state index contributed by atoms with van der Waals surface area (Å²) in [6.45, 7) is 1.67. The second-order valence-electron chi connectivity index (χ2n) is 4.97. The Morgan fingerprint density at radius 1 is 1.38 bits per heavy atom. The number of rotatable bonds is 6. The van der Waals surface area contributed by atoms with Gasteiger partial charge in [-0.05, 0) is 19.2 Å². The van der Waals surface area contributed by atoms with Crippen molar-refractivity contribution < 1.29 is 14.3 Å². The minimum absolute atomic E-state index is 0.0479. The van der Waals surface area contributed by atoms with Crippen LogP contribution in [-0.2, 0) is 9.59 Å². The van der Waals surface area contributed by atoms with Crippen LogP contribution >= 0.6 is 0 Å². The molecule has 1 aliphatic rings. The smallest absolute Gasteiger partial charge is 0.227 e. The van der Waals surface area contributed by atoms with Crippen LogP contribution in [0.2, 0.25) is 0 Å². The van der Waals surface area contributed by atoms with Crippen molar-refractivity contribution >= 4 is 17.5 Å². The lowest BCUT2D eigenvalue weighted by Gasteiger charge is -2.19. The van der Waals surface area contributed by atoms with E-state index in [4.69, 9.17) is 4.74 Å². The van der Waals surface area contributed by atoms with Crippen molar-refractivity contribution in [2.45, 2.75) is 6.42 Å². The van der Waals surface area contributed by atoms with Gasteiger partial charge in [0.2, 0.25) is 11.8 Å². The Hall–Kier alpha value is -2.08. The number of nitrogens with zero attached hydrogens (tertiary/aromatic N) is 1. The molecular weight excluding hydrogens is 270 g/mol. The molecule has 1 saturated heterocycles. The highest BCUT2D eigenvalue weighted by atomic mass is 16.5. The van der Waals surface area contributed by atoms with E-state index in [-0.39, 0.29) is 24.2 Å². The van der Waals surface area contributed by atoms with Crippen molar-refractivity contribution in [2.24, 2.45) is 5.92 Å². The SMILES string of the molecule is CNCCNC(=O)C1CC(=O)N(c2ccccc2OC)C1. The number of hydrogen-bond acceptors (Lipinski definition) is 4. The Kier molecular flexibility index (Phi) is 5.16. The van der Waals surface area contributed by atoms with E-state index in [1.54, 1.807) is 12.0 Å². The highest BCUT2D eigenvalue weighted by Gasteiger charge is 2.35. The molecule has 1 aliphatic heterocycles. The average Bonchev–Trinajstić information content (AvgIpc) is 2.89. The summed E-state index contributed by atoms with van der Waals surface area (Å²) >= 11 is 0. The van der Waals surface area contributed by atoms with Gasteiger partial charge >= 0.3 is 0 Å². The topological polar surface area (TPSA) is 70.7 Å². The van der Waals surface area contributed by atoms with Gasteiger partial charge in [-0.15, -0.1) is 0 Å². The van der Waals surface area contributed by atoms with Crippen molar-refractivity contribution in [1.29, 1.82) is 0 Å². The lowest BCUT2D eigenvalue weighted by atomic mass is 10.1. The predicted molar refractivity (Wildman–Crippen MR) is 80.4 cm³/mol. The van der Waals surface area contributed by atoms with Crippen molar-refractivity contribution in [1.82, 2.24) is 10.6 Å². The van der Waals surface area contributed by atoms with Gasteiger partial charge in [0.05, 0.1) is 18.7 Å². The van der Waals surface area contributed by atoms with Crippen LogP contribution in [0.4, 0.5) is 5.69 Å². The van der Waals surface area contributed by atoms with Crippen LogP contribution in [0.1, 0.15) is 6.42 Å². The zero-order valence-electron chi connectivity index (χ0n) is 12.4. The molecule has 6 heteroatoms. The highest BCUT2D eigenvalue weighted by Crippen LogP contribution is 2.32. The van der Waals surface area contributed by atoms with Gasteiger partial charge < -0.3 is 20.3 Å². The molecule has 0 spiro atoms. The van der Waals surface area contributed by atoms with Crippen LogP contribution < -0.4 is 20.3 Å². The molecule has 0 aliphatic carbocycles. The third-order valence-electron chi connectivity index (χ3n) is 3.55. The molecule has 0 saturated carbocycles. The van der Waals surface area contributed by atoms with Crippen molar-refractivity contribution in [3.8, 4) is 5.75 Å². The number of benzene rings is 1. The lowest BCUT2D eigenvalue weighted by molar-refractivity contribution is -0.126. The molecule has 2 rings (SSSR count). The molecule has 2 N–H and O–H groups in total. The quantitative estimate of drug-likeness (QED) is 0.744. The maximum absolute atomic E-state index is 12.2. The minimum Gasteiger partial charge on any atom is -0.495 e. The van der Waals surface area contributed by atoms with E-state index in [0.29, 0.717) is 25.4 Å². The number of ether oxygens (including phenoxy) is 1. The summed E-state index contributed by atoms with van der Waals surface area (Å²) in [5.74, 6) is 0.214. The summed E-state index contributed by atoms with van der Waals surface area (Å²) in [6.07, 6.45) is 0.240. The van der Waals surface area contributed by atoms with Crippen molar-refractivity contribution in [2.75, 3.05) is 38.7 Å². The molecule has 1 aromatic carbocycles. The standard InChI is InChI=1S/C15H21N3O3/c1-16-7-8-17-15(20)11-9-14(19)18(10-11)12-5-3-4-6-13(12)21-2/h3-6,11,16H,7-10H2,1-2H3,(H,17,20). The number of methoxy groups -OCH3 is 1. The van der Waals surface area contributed by atoms with Crippen LogP contribution in [0.5, 0.6) is 5.75 Å². The first kappa shape index (κ1) is 15.3. The van der Waals surface area contributed by atoms with Gasteiger partial charge in [-0.2, -0.15) is 0 Å². The second-order valence-corrected chi connectivity index (χ2v) is 4.97. The number of nitrogens with one attached hydrogen (secondary N) is 2. The zero-order valence-corrected chi connectivity index (χ0v) is 12.4. The van der Waals surface area contributed by atoms with Gasteiger partial charge in [0.1, 0.15) is 5.75 Å². The number of anilines is 1. The van der Waals surface area contributed by atoms with Gasteiger partial charge in [0.15, 0.2) is 0 Å². The van der Waals surface area contributed by atoms with Crippen LogP contribution in [0.15, 0.2) is 24.3 Å². The maximum atomic E-state index is 12.2. The fourth-order valence-corrected chi connectivity index (χ4v) is 2.42. The molecule has 0 bridgehead atoms. The molecular formula is C15H21N3O3. The third kappa shape index (κ3) is 3.52. The molecule has 2 amide bonds. The summed E-state index contributed by atoms with van der Waals surface area (Å²) < 4.78 is 5.28. The van der Waals surface area contributed by atoms with Crippen LogP contribution in [0, 0.1) is 5.92 Å². The number of likely N-dealkylation sites (N-methyl/N-ethyl adjacent to an activating group) is 1. The summed E-state index contributed by atoms with van der Waals surface area (Å²) in [4.78, 5) is 25.8. The fraction of sp³-hybridized carbons (Fsp3) is 0.467. The normalized spacial score (nSPS) is 17.9. The van der Waals surface area contributed by atoms with E-state index in [1.165, 1.54) is 0 Å². The van der Waals surface area contributed by atoms with Gasteiger partial charge in [0.25, 0.3) is 0 Å². The Balaban J connectivity index is 2.04. The number of hydrogen-bond donors (Lipinski definition) is 2. The fourth-order valence-electron chi connectivity index (χ4n) is 2.42. The van der Waals surface area contributed by atoms with Gasteiger partial charge in [-0.25, -0.2) is 0 Å². The van der Waals surface area contributed by atoms with Crippen LogP contribution in [0.25, 0.3) is 0 Å². The Bertz CT molecular complexity index is 519. The van der Waals surface area contributed by atoms with Crippen LogP contribution in [-0.4, -0.2) is 45.6 Å². The average molecular weight is 291 g/mol. The number of carbonyl (C=O) groups is 2. The first-order valence-electron chi connectivity index (χ1n) is 7.03. The van der Waals surface area contributed by atoms with Gasteiger partial charge in [0, 0.05) is 26.1 Å². The molecule has 6 nitrogen and oxygen atoms in total. The largest absolute Gasteiger partial charge is 0.495 e. The zero-order chi connectivity index (χ0) is 15.2. The summed E-state index contributed by atoms with van der Waals surface area (Å²) in [5, 5.41) is 5.80. The minimum atomic E-state index is -0.306. The van der Waals surface area contributed by atoms with Gasteiger partial charge in [-0.1, -0.05) is 12.1 Å². The van der Waals surface area contributed by atoms with E-state index in [1.807, 2.05) is 31.3 Å². The summed E-state index contributed by atoms with van der Waals surface area (Å²) in [7, 11) is 3.40. The molecule has 0 radical (unpaired) electrons. The van der Waals surface area contributed by atoms with E-state index in [0.717, 1.165) is 5.69 Å². The molecule has 1 atom stereocenters. The molecule has 1 heterocycles. The molecule has 0 aromatic heterocycles. The predicted octanol–water partition coefficient (Wildman–Crippen LogP) is 0.384. The third-order valence-corrected chi connectivity index (χ3v) is 3.55. The summed E-state index contributed by atoms with van der Waals surface area (Å²) in [5.41, 5.74) is 0.718. The van der Waals surface area contributed by atoms with E-state index in [2.05, 4.69) is 10.6 Å². The number of amides is 2. The van der Waals surface area contributed by atoms with Crippen molar-refractivity contribution in [3.05, 3.63) is 24.3 Å². The van der Waals surface area contributed by atoms with Crippen molar-refractivity contribution in [3.63, 3.8) is 0 Å². The monoisotopic (exact) mass is 291 g/mol. The first-order valence-corrected chi connectivity index (χ1v) is 7.03. The first-order chi connectivity index (χ1) is 10.2.